The lowest BCUT2D eigenvalue weighted by atomic mass is 10.1. The second-order valence-electron chi connectivity index (χ2n) is 4.69. The van der Waals surface area contributed by atoms with Gasteiger partial charge in [-0.1, -0.05) is 43.7 Å². The fraction of sp³-hybridized carbons (Fsp3) is 0.571. The summed E-state index contributed by atoms with van der Waals surface area (Å²) in [5.41, 5.74) is 2.10. The van der Waals surface area contributed by atoms with E-state index in [2.05, 4.69) is 13.8 Å². The van der Waals surface area contributed by atoms with Gasteiger partial charge in [-0.25, -0.2) is 0 Å². The van der Waals surface area contributed by atoms with Crippen molar-refractivity contribution in [2.45, 2.75) is 33.3 Å². The highest BCUT2D eigenvalue weighted by molar-refractivity contribution is 5.23. The van der Waals surface area contributed by atoms with Gasteiger partial charge >= 0.3 is 0 Å². The van der Waals surface area contributed by atoms with Crippen LogP contribution in [0.2, 0.25) is 0 Å². The van der Waals surface area contributed by atoms with E-state index < -0.39 is 6.10 Å². The topological polar surface area (TPSA) is 29.5 Å². The first-order chi connectivity index (χ1) is 7.59. The monoisotopic (exact) mass is 222 g/mol. The van der Waals surface area contributed by atoms with Crippen molar-refractivity contribution in [1.82, 2.24) is 0 Å². The number of benzene rings is 1. The van der Waals surface area contributed by atoms with E-state index in [9.17, 15) is 5.11 Å². The molecule has 0 spiro atoms. The third-order valence-corrected chi connectivity index (χ3v) is 2.54. The fourth-order valence-corrected chi connectivity index (χ4v) is 1.49. The van der Waals surface area contributed by atoms with Crippen LogP contribution >= 0.6 is 0 Å². The van der Waals surface area contributed by atoms with Crippen LogP contribution < -0.4 is 0 Å². The third kappa shape index (κ3) is 4.77. The number of ether oxygens (including phenoxy) is 1. The Balaban J connectivity index is 2.32. The summed E-state index contributed by atoms with van der Waals surface area (Å²) < 4.78 is 5.45. The molecule has 0 saturated heterocycles. The van der Waals surface area contributed by atoms with Crippen molar-refractivity contribution in [2.75, 3.05) is 13.2 Å². The normalized spacial score (nSPS) is 13.1. The van der Waals surface area contributed by atoms with E-state index in [1.807, 2.05) is 31.2 Å². The molecule has 0 radical (unpaired) electrons. The summed E-state index contributed by atoms with van der Waals surface area (Å²) in [6.45, 7) is 7.47. The molecule has 1 rings (SSSR count). The summed E-state index contributed by atoms with van der Waals surface area (Å²) in [5, 5.41) is 9.89. The third-order valence-electron chi connectivity index (χ3n) is 2.54. The lowest BCUT2D eigenvalue weighted by Crippen LogP contribution is -2.09. The van der Waals surface area contributed by atoms with Crippen LogP contribution in [0, 0.1) is 12.8 Å². The van der Waals surface area contributed by atoms with Crippen molar-refractivity contribution in [3.63, 3.8) is 0 Å². The number of aryl methyl sites for hydroxylation is 1. The van der Waals surface area contributed by atoms with Crippen molar-refractivity contribution in [3.8, 4) is 0 Å². The van der Waals surface area contributed by atoms with Crippen molar-refractivity contribution < 1.29 is 9.84 Å². The van der Waals surface area contributed by atoms with Crippen LogP contribution in [0.3, 0.4) is 0 Å². The predicted octanol–water partition coefficient (Wildman–Crippen LogP) is 3.09. The molecular weight excluding hydrogens is 200 g/mol. The molecule has 1 aromatic carbocycles. The van der Waals surface area contributed by atoms with Gasteiger partial charge in [0.1, 0.15) is 6.10 Å². The maximum atomic E-state index is 9.89. The maximum absolute atomic E-state index is 9.89. The molecule has 1 N–H and O–H groups in total. The van der Waals surface area contributed by atoms with Crippen molar-refractivity contribution in [3.05, 3.63) is 35.4 Å². The highest BCUT2D eigenvalue weighted by Crippen LogP contribution is 2.14. The largest absolute Gasteiger partial charge is 0.386 e. The number of aliphatic hydroxyl groups is 1. The fourth-order valence-electron chi connectivity index (χ4n) is 1.49. The molecule has 16 heavy (non-hydrogen) atoms. The van der Waals surface area contributed by atoms with Crippen LogP contribution in [0.1, 0.15) is 37.5 Å². The van der Waals surface area contributed by atoms with Crippen LogP contribution in [0.25, 0.3) is 0 Å². The molecule has 0 aromatic heterocycles. The number of hydrogen-bond acceptors (Lipinski definition) is 2. The zero-order chi connectivity index (χ0) is 12.0. The van der Waals surface area contributed by atoms with Crippen molar-refractivity contribution >= 4 is 0 Å². The highest BCUT2D eigenvalue weighted by Gasteiger charge is 2.07. The Bertz CT molecular complexity index is 307. The molecule has 0 heterocycles. The van der Waals surface area contributed by atoms with Gasteiger partial charge in [0.15, 0.2) is 0 Å². The van der Waals surface area contributed by atoms with Gasteiger partial charge in [0.25, 0.3) is 0 Å². The molecule has 2 heteroatoms. The summed E-state index contributed by atoms with van der Waals surface area (Å²) in [6.07, 6.45) is 0.535. The van der Waals surface area contributed by atoms with Crippen LogP contribution in [0.5, 0.6) is 0 Å². The van der Waals surface area contributed by atoms with Gasteiger partial charge < -0.3 is 9.84 Å². The van der Waals surface area contributed by atoms with Crippen LogP contribution in [-0.2, 0) is 4.74 Å². The van der Waals surface area contributed by atoms with E-state index in [1.54, 1.807) is 0 Å². The molecular formula is C14H22O2. The second-order valence-corrected chi connectivity index (χ2v) is 4.69. The molecule has 1 aromatic rings. The first-order valence-electron chi connectivity index (χ1n) is 5.92. The number of hydrogen-bond donors (Lipinski definition) is 1. The smallest absolute Gasteiger partial charge is 0.102 e. The van der Waals surface area contributed by atoms with Crippen molar-refractivity contribution in [2.24, 2.45) is 5.92 Å². The maximum Gasteiger partial charge on any atom is 0.102 e. The van der Waals surface area contributed by atoms with E-state index >= 15 is 0 Å². The first kappa shape index (κ1) is 13.2. The average Bonchev–Trinajstić information content (AvgIpc) is 2.24. The van der Waals surface area contributed by atoms with Crippen molar-refractivity contribution in [1.29, 1.82) is 0 Å². The molecule has 0 fully saturated rings. The lowest BCUT2D eigenvalue weighted by molar-refractivity contribution is 0.0319. The molecule has 0 amide bonds. The van der Waals surface area contributed by atoms with Gasteiger partial charge in [0.05, 0.1) is 6.61 Å². The SMILES string of the molecule is Cc1cccc(C(O)COCCC(C)C)c1. The van der Waals surface area contributed by atoms with Gasteiger partial charge in [0, 0.05) is 6.61 Å². The summed E-state index contributed by atoms with van der Waals surface area (Å²) in [4.78, 5) is 0. The van der Waals surface area contributed by atoms with Gasteiger partial charge in [-0.3, -0.25) is 0 Å². The van der Waals surface area contributed by atoms with E-state index in [-0.39, 0.29) is 0 Å². The molecule has 0 aliphatic heterocycles. The molecule has 0 aliphatic carbocycles. The summed E-state index contributed by atoms with van der Waals surface area (Å²) >= 11 is 0. The summed E-state index contributed by atoms with van der Waals surface area (Å²) in [5.74, 6) is 0.649. The average molecular weight is 222 g/mol. The van der Waals surface area contributed by atoms with Gasteiger partial charge in [-0.2, -0.15) is 0 Å². The molecule has 2 nitrogen and oxygen atoms in total. The van der Waals surface area contributed by atoms with Crippen LogP contribution in [0.4, 0.5) is 0 Å². The molecule has 1 atom stereocenters. The number of aliphatic hydroxyl groups excluding tert-OH is 1. The van der Waals surface area contributed by atoms with E-state index in [0.717, 1.165) is 18.6 Å². The molecule has 0 bridgehead atoms. The minimum atomic E-state index is -0.507. The van der Waals surface area contributed by atoms with E-state index in [4.69, 9.17) is 4.74 Å². The Morgan fingerprint density at radius 1 is 1.31 bits per heavy atom. The number of rotatable bonds is 6. The Morgan fingerprint density at radius 2 is 2.06 bits per heavy atom. The molecule has 90 valence electrons. The Hall–Kier alpha value is -0.860. The Kier molecular flexibility index (Phi) is 5.50. The van der Waals surface area contributed by atoms with Crippen LogP contribution in [-0.4, -0.2) is 18.3 Å². The molecule has 0 aliphatic rings. The first-order valence-corrected chi connectivity index (χ1v) is 5.92. The quantitative estimate of drug-likeness (QED) is 0.749. The Labute approximate surface area is 98.3 Å². The predicted molar refractivity (Wildman–Crippen MR) is 66.4 cm³/mol. The summed E-state index contributed by atoms with van der Waals surface area (Å²) in [7, 11) is 0. The van der Waals surface area contributed by atoms with Gasteiger partial charge in [-0.15, -0.1) is 0 Å². The molecule has 0 saturated carbocycles. The second kappa shape index (κ2) is 6.66. The van der Waals surface area contributed by atoms with Gasteiger partial charge in [0.2, 0.25) is 0 Å². The lowest BCUT2D eigenvalue weighted by Gasteiger charge is -2.12. The minimum Gasteiger partial charge on any atom is -0.386 e. The zero-order valence-corrected chi connectivity index (χ0v) is 10.4. The van der Waals surface area contributed by atoms with Crippen LogP contribution in [0.15, 0.2) is 24.3 Å². The Morgan fingerprint density at radius 3 is 2.69 bits per heavy atom. The van der Waals surface area contributed by atoms with E-state index in [0.29, 0.717) is 12.5 Å². The zero-order valence-electron chi connectivity index (χ0n) is 10.4. The molecule has 1 unspecified atom stereocenters. The van der Waals surface area contributed by atoms with Gasteiger partial charge in [-0.05, 0) is 24.8 Å². The standard InChI is InChI=1S/C14H22O2/c1-11(2)7-8-16-10-14(15)13-6-4-5-12(3)9-13/h4-6,9,11,14-15H,7-8,10H2,1-3H3. The highest BCUT2D eigenvalue weighted by atomic mass is 16.5. The summed E-state index contributed by atoms with van der Waals surface area (Å²) in [6, 6.07) is 7.91. The minimum absolute atomic E-state index is 0.385. The van der Waals surface area contributed by atoms with E-state index in [1.165, 1.54) is 5.56 Å².